The van der Waals surface area contributed by atoms with Crippen LogP contribution in [0.4, 0.5) is 5.13 Å². The topological polar surface area (TPSA) is 51.4 Å². The summed E-state index contributed by atoms with van der Waals surface area (Å²) in [7, 11) is 1.69. The van der Waals surface area contributed by atoms with Crippen molar-refractivity contribution in [2.45, 2.75) is 12.8 Å². The summed E-state index contributed by atoms with van der Waals surface area (Å²) in [5.74, 6) is 0.891. The highest BCUT2D eigenvalue weighted by Crippen LogP contribution is 2.24. The molecule has 0 radical (unpaired) electrons. The lowest BCUT2D eigenvalue weighted by molar-refractivity contribution is 0.318. The molecule has 0 saturated heterocycles. The maximum absolute atomic E-state index is 5.78. The molecule has 0 aliphatic carbocycles. The van der Waals surface area contributed by atoms with E-state index in [1.165, 1.54) is 16.1 Å². The summed E-state index contributed by atoms with van der Waals surface area (Å²) in [6.45, 7) is 3.08. The van der Waals surface area contributed by atoms with Crippen LogP contribution in [0, 0.1) is 0 Å². The molecule has 0 fully saturated rings. The third-order valence-corrected chi connectivity index (χ3v) is 4.89. The van der Waals surface area contributed by atoms with E-state index in [9.17, 15) is 0 Å². The van der Waals surface area contributed by atoms with Crippen LogP contribution >= 0.6 is 11.3 Å². The van der Waals surface area contributed by atoms with Crippen LogP contribution in [0.5, 0.6) is 5.75 Å². The van der Waals surface area contributed by atoms with E-state index in [-0.39, 0.29) is 0 Å². The highest BCUT2D eigenvalue weighted by atomic mass is 32.1. The molecule has 0 bridgehead atoms. The van der Waals surface area contributed by atoms with Crippen molar-refractivity contribution in [1.82, 2.24) is 9.88 Å². The van der Waals surface area contributed by atoms with Gasteiger partial charge >= 0.3 is 0 Å². The lowest BCUT2D eigenvalue weighted by atomic mass is 10.2. The summed E-state index contributed by atoms with van der Waals surface area (Å²) < 4.78 is 5.17. The molecular formula is C17H21N3OS. The first-order valence-electron chi connectivity index (χ1n) is 7.51. The molecule has 1 aliphatic heterocycles. The van der Waals surface area contributed by atoms with Crippen LogP contribution in [0.3, 0.4) is 0 Å². The molecule has 0 saturated carbocycles. The van der Waals surface area contributed by atoms with Gasteiger partial charge in [-0.1, -0.05) is 24.3 Å². The van der Waals surface area contributed by atoms with Crippen LogP contribution in [0.15, 0.2) is 30.3 Å². The second-order valence-corrected chi connectivity index (χ2v) is 6.51. The number of nitrogen functional groups attached to an aromatic ring is 1. The number of rotatable bonds is 4. The van der Waals surface area contributed by atoms with E-state index in [1.807, 2.05) is 12.1 Å². The summed E-state index contributed by atoms with van der Waals surface area (Å²) in [6, 6.07) is 8.11. The number of ether oxygens (including phenoxy) is 1. The third-order valence-electron chi connectivity index (χ3n) is 3.90. The van der Waals surface area contributed by atoms with Gasteiger partial charge in [-0.3, -0.25) is 4.90 Å². The zero-order chi connectivity index (χ0) is 15.4. The molecule has 1 aromatic carbocycles. The molecule has 0 unspecified atom stereocenters. The van der Waals surface area contributed by atoms with Gasteiger partial charge in [0.25, 0.3) is 0 Å². The van der Waals surface area contributed by atoms with E-state index in [2.05, 4.69) is 34.2 Å². The molecular weight excluding hydrogens is 294 g/mol. The number of anilines is 1. The van der Waals surface area contributed by atoms with Gasteiger partial charge in [0, 0.05) is 30.9 Å². The van der Waals surface area contributed by atoms with Crippen LogP contribution in [-0.4, -0.2) is 36.6 Å². The maximum Gasteiger partial charge on any atom is 0.180 e. The Kier molecular flexibility index (Phi) is 4.75. The average Bonchev–Trinajstić information content (AvgIpc) is 2.80. The van der Waals surface area contributed by atoms with Gasteiger partial charge in [0.15, 0.2) is 5.13 Å². The zero-order valence-electron chi connectivity index (χ0n) is 12.8. The number of nitrogens with two attached hydrogens (primary N) is 1. The van der Waals surface area contributed by atoms with Crippen LogP contribution in [0.1, 0.15) is 16.1 Å². The first-order valence-corrected chi connectivity index (χ1v) is 8.33. The quantitative estimate of drug-likeness (QED) is 0.942. The van der Waals surface area contributed by atoms with Crippen molar-refractivity contribution < 1.29 is 4.74 Å². The Bertz CT molecular complexity index is 623. The van der Waals surface area contributed by atoms with Crippen LogP contribution in [0.25, 0.3) is 6.08 Å². The Hall–Kier alpha value is -1.85. The van der Waals surface area contributed by atoms with Gasteiger partial charge in [-0.05, 0) is 24.1 Å². The number of thiazole rings is 1. The predicted molar refractivity (Wildman–Crippen MR) is 92.4 cm³/mol. The Morgan fingerprint density at radius 3 is 2.82 bits per heavy atom. The Morgan fingerprint density at radius 1 is 1.27 bits per heavy atom. The minimum atomic E-state index is 0.706. The summed E-state index contributed by atoms with van der Waals surface area (Å²) in [4.78, 5) is 8.25. The lowest BCUT2D eigenvalue weighted by Gasteiger charge is -2.17. The van der Waals surface area contributed by atoms with Crippen molar-refractivity contribution in [1.29, 1.82) is 0 Å². The fraction of sp³-hybridized carbons (Fsp3) is 0.353. The van der Waals surface area contributed by atoms with E-state index in [0.717, 1.165) is 38.2 Å². The first kappa shape index (κ1) is 15.1. The zero-order valence-corrected chi connectivity index (χ0v) is 13.6. The van der Waals surface area contributed by atoms with Gasteiger partial charge in [-0.15, -0.1) is 11.3 Å². The standard InChI is InChI=1S/C17H21N3OS/c1-21-14-6-4-13(5-7-14)3-2-10-20-11-8-15-16(9-12-20)22-17(18)19-15/h2-7H,8-12H2,1H3,(H2,18,19)/b3-2+. The molecule has 2 N–H and O–H groups in total. The highest BCUT2D eigenvalue weighted by molar-refractivity contribution is 7.15. The SMILES string of the molecule is COc1ccc(/C=C/CN2CCc3nc(N)sc3CC2)cc1. The van der Waals surface area contributed by atoms with E-state index in [4.69, 9.17) is 10.5 Å². The van der Waals surface area contributed by atoms with Crippen molar-refractivity contribution in [2.75, 3.05) is 32.5 Å². The largest absolute Gasteiger partial charge is 0.497 e. The second-order valence-electron chi connectivity index (χ2n) is 5.40. The summed E-state index contributed by atoms with van der Waals surface area (Å²) in [5, 5.41) is 0.706. The minimum absolute atomic E-state index is 0.706. The lowest BCUT2D eigenvalue weighted by Crippen LogP contribution is -2.26. The van der Waals surface area contributed by atoms with E-state index in [0.29, 0.717) is 5.13 Å². The van der Waals surface area contributed by atoms with Crippen molar-refractivity contribution in [3.05, 3.63) is 46.5 Å². The second kappa shape index (κ2) is 6.94. The molecule has 116 valence electrons. The monoisotopic (exact) mass is 315 g/mol. The van der Waals surface area contributed by atoms with Crippen LogP contribution in [-0.2, 0) is 12.8 Å². The van der Waals surface area contributed by atoms with E-state index < -0.39 is 0 Å². The smallest absolute Gasteiger partial charge is 0.180 e. The van der Waals surface area contributed by atoms with Crippen molar-refractivity contribution in [3.63, 3.8) is 0 Å². The van der Waals surface area contributed by atoms with Gasteiger partial charge < -0.3 is 10.5 Å². The molecule has 2 heterocycles. The van der Waals surface area contributed by atoms with Crippen molar-refractivity contribution in [3.8, 4) is 5.75 Å². The van der Waals surface area contributed by atoms with Crippen LogP contribution in [0.2, 0.25) is 0 Å². The minimum Gasteiger partial charge on any atom is -0.497 e. The Labute approximate surface area is 135 Å². The number of benzene rings is 1. The number of methoxy groups -OCH3 is 1. The summed E-state index contributed by atoms with van der Waals surface area (Å²) >= 11 is 1.64. The number of hydrogen-bond donors (Lipinski definition) is 1. The molecule has 1 aromatic heterocycles. The maximum atomic E-state index is 5.78. The van der Waals surface area contributed by atoms with Gasteiger partial charge in [-0.25, -0.2) is 4.98 Å². The fourth-order valence-corrected chi connectivity index (χ4v) is 3.53. The van der Waals surface area contributed by atoms with Gasteiger partial charge in [0.1, 0.15) is 5.75 Å². The highest BCUT2D eigenvalue weighted by Gasteiger charge is 2.16. The third kappa shape index (κ3) is 3.67. The van der Waals surface area contributed by atoms with Crippen molar-refractivity contribution in [2.24, 2.45) is 0 Å². The van der Waals surface area contributed by atoms with Gasteiger partial charge in [-0.2, -0.15) is 0 Å². The fourth-order valence-electron chi connectivity index (χ4n) is 2.66. The number of hydrogen-bond acceptors (Lipinski definition) is 5. The first-order chi connectivity index (χ1) is 10.7. The number of aromatic nitrogens is 1. The molecule has 4 nitrogen and oxygen atoms in total. The average molecular weight is 315 g/mol. The normalized spacial score (nSPS) is 15.7. The number of nitrogens with zero attached hydrogens (tertiary/aromatic N) is 2. The molecule has 0 atom stereocenters. The van der Waals surface area contributed by atoms with Crippen molar-refractivity contribution >= 4 is 22.5 Å². The molecule has 2 aromatic rings. The van der Waals surface area contributed by atoms with Gasteiger partial charge in [0.05, 0.1) is 12.8 Å². The van der Waals surface area contributed by atoms with E-state index >= 15 is 0 Å². The Morgan fingerprint density at radius 2 is 2.05 bits per heavy atom. The van der Waals surface area contributed by atoms with Crippen LogP contribution < -0.4 is 10.5 Å². The van der Waals surface area contributed by atoms with E-state index in [1.54, 1.807) is 18.4 Å². The molecule has 0 spiro atoms. The van der Waals surface area contributed by atoms with Gasteiger partial charge in [0.2, 0.25) is 0 Å². The molecule has 5 heteroatoms. The molecule has 0 amide bonds. The predicted octanol–water partition coefficient (Wildman–Crippen LogP) is 2.85. The molecule has 1 aliphatic rings. The Balaban J connectivity index is 1.53. The molecule has 22 heavy (non-hydrogen) atoms. The number of fused-ring (bicyclic) bond motifs is 1. The summed E-state index contributed by atoms with van der Waals surface area (Å²) in [5.41, 5.74) is 8.18. The summed E-state index contributed by atoms with van der Waals surface area (Å²) in [6.07, 6.45) is 6.44. The molecule has 3 rings (SSSR count).